The summed E-state index contributed by atoms with van der Waals surface area (Å²) < 4.78 is 18.0. The first-order chi connectivity index (χ1) is 9.47. The largest absolute Gasteiger partial charge is 0.494 e. The third-order valence-electron chi connectivity index (χ3n) is 2.44. The van der Waals surface area contributed by atoms with Crippen LogP contribution in [0, 0.1) is 5.82 Å². The molecule has 0 aliphatic carbocycles. The molecule has 0 saturated carbocycles. The van der Waals surface area contributed by atoms with Gasteiger partial charge in [-0.2, -0.15) is 0 Å². The molecular weight excluding hydrogens is 267 g/mol. The van der Waals surface area contributed by atoms with E-state index in [0.717, 1.165) is 0 Å². The molecule has 0 bridgehead atoms. The number of primary amides is 1. The number of carbonyl (C=O) groups excluding carboxylic acids is 1. The molecule has 1 aromatic rings. The molecule has 3 N–H and O–H groups in total. The van der Waals surface area contributed by atoms with Gasteiger partial charge in [0, 0.05) is 6.54 Å². The number of rotatable bonds is 9. The van der Waals surface area contributed by atoms with E-state index < -0.39 is 11.9 Å². The van der Waals surface area contributed by atoms with Gasteiger partial charge in [0.25, 0.3) is 0 Å². The summed E-state index contributed by atoms with van der Waals surface area (Å²) in [6.07, 6.45) is 0.526. The monoisotopic (exact) mass is 284 g/mol. The predicted octanol–water partition coefficient (Wildman–Crippen LogP) is 0.466. The zero-order valence-electron chi connectivity index (χ0n) is 10.9. The Kier molecular flexibility index (Phi) is 6.45. The van der Waals surface area contributed by atoms with Crippen LogP contribution >= 0.6 is 0 Å². The predicted molar refractivity (Wildman–Crippen MR) is 69.8 cm³/mol. The Balaban J connectivity index is 2.30. The number of hydrogen-bond donors (Lipinski definition) is 2. The smallest absolute Gasteiger partial charge is 0.317 e. The third-order valence-corrected chi connectivity index (χ3v) is 2.44. The number of carboxylic acid groups (broad SMARTS) is 1. The molecular formula is C13H17FN2O4. The first kappa shape index (κ1) is 15.9. The fourth-order valence-corrected chi connectivity index (χ4v) is 1.63. The fraction of sp³-hybridized carbons (Fsp3) is 0.385. The Labute approximate surface area is 115 Å². The summed E-state index contributed by atoms with van der Waals surface area (Å²) in [6.45, 7) is 0.347. The van der Waals surface area contributed by atoms with Gasteiger partial charge in [0.1, 0.15) is 11.6 Å². The van der Waals surface area contributed by atoms with Crippen LogP contribution < -0.4 is 10.5 Å². The van der Waals surface area contributed by atoms with Gasteiger partial charge in [0.05, 0.1) is 19.7 Å². The Hall–Kier alpha value is -2.15. The number of nitrogens with two attached hydrogens (primary N) is 1. The van der Waals surface area contributed by atoms with Crippen LogP contribution in [-0.2, 0) is 9.59 Å². The average Bonchev–Trinajstić information content (AvgIpc) is 2.35. The Morgan fingerprint density at radius 2 is 1.90 bits per heavy atom. The summed E-state index contributed by atoms with van der Waals surface area (Å²) in [6, 6.07) is 5.60. The van der Waals surface area contributed by atoms with E-state index in [9.17, 15) is 14.0 Å². The molecule has 0 unspecified atom stereocenters. The van der Waals surface area contributed by atoms with Gasteiger partial charge in [0.2, 0.25) is 5.91 Å². The van der Waals surface area contributed by atoms with E-state index in [2.05, 4.69) is 0 Å². The number of ether oxygens (including phenoxy) is 1. The zero-order valence-corrected chi connectivity index (χ0v) is 10.9. The summed E-state index contributed by atoms with van der Waals surface area (Å²) in [7, 11) is 0. The SMILES string of the molecule is NC(=O)CN(CCCOc1ccc(F)cc1)CC(=O)O. The van der Waals surface area contributed by atoms with Crippen LogP contribution in [0.4, 0.5) is 4.39 Å². The lowest BCUT2D eigenvalue weighted by molar-refractivity contribution is -0.138. The number of nitrogens with zero attached hydrogens (tertiary/aromatic N) is 1. The first-order valence-electron chi connectivity index (χ1n) is 6.08. The maximum atomic E-state index is 12.7. The lowest BCUT2D eigenvalue weighted by Crippen LogP contribution is -2.38. The van der Waals surface area contributed by atoms with Crippen molar-refractivity contribution in [3.8, 4) is 5.75 Å². The standard InChI is InChI=1S/C13H17FN2O4/c14-10-2-4-11(5-3-10)20-7-1-6-16(8-12(15)17)9-13(18)19/h2-5H,1,6-9H2,(H2,15,17)(H,18,19). The van der Waals surface area contributed by atoms with Crippen molar-refractivity contribution in [3.05, 3.63) is 30.1 Å². The molecule has 0 atom stereocenters. The number of carbonyl (C=O) groups is 2. The second kappa shape index (κ2) is 8.11. The molecule has 0 spiro atoms. The number of benzene rings is 1. The molecule has 7 heteroatoms. The molecule has 0 aromatic heterocycles. The van der Waals surface area contributed by atoms with Gasteiger partial charge >= 0.3 is 5.97 Å². The maximum absolute atomic E-state index is 12.7. The minimum Gasteiger partial charge on any atom is -0.494 e. The molecule has 0 heterocycles. The highest BCUT2D eigenvalue weighted by Crippen LogP contribution is 2.11. The lowest BCUT2D eigenvalue weighted by Gasteiger charge is -2.18. The number of aliphatic carboxylic acids is 1. The van der Waals surface area contributed by atoms with E-state index >= 15 is 0 Å². The van der Waals surface area contributed by atoms with Crippen LogP contribution in [0.15, 0.2) is 24.3 Å². The Morgan fingerprint density at radius 1 is 1.25 bits per heavy atom. The Bertz CT molecular complexity index is 434. The number of halogens is 1. The molecule has 0 fully saturated rings. The fourth-order valence-electron chi connectivity index (χ4n) is 1.63. The molecule has 1 amide bonds. The summed E-state index contributed by atoms with van der Waals surface area (Å²) in [5.41, 5.74) is 5.04. The van der Waals surface area contributed by atoms with Crippen molar-refractivity contribution in [1.29, 1.82) is 0 Å². The minimum absolute atomic E-state index is 0.108. The third kappa shape index (κ3) is 6.69. The lowest BCUT2D eigenvalue weighted by atomic mass is 10.3. The second-order valence-electron chi connectivity index (χ2n) is 4.23. The molecule has 6 nitrogen and oxygen atoms in total. The molecule has 1 aromatic carbocycles. The van der Waals surface area contributed by atoms with Crippen LogP contribution in [0.2, 0.25) is 0 Å². The highest BCUT2D eigenvalue weighted by atomic mass is 19.1. The van der Waals surface area contributed by atoms with E-state index in [4.69, 9.17) is 15.6 Å². The van der Waals surface area contributed by atoms with Crippen molar-refractivity contribution in [1.82, 2.24) is 4.90 Å². The Morgan fingerprint density at radius 3 is 2.45 bits per heavy atom. The quantitative estimate of drug-likeness (QED) is 0.643. The van der Waals surface area contributed by atoms with Gasteiger partial charge in [-0.1, -0.05) is 0 Å². The summed E-state index contributed by atoms with van der Waals surface area (Å²) in [4.78, 5) is 22.8. The van der Waals surface area contributed by atoms with Crippen LogP contribution in [0.1, 0.15) is 6.42 Å². The average molecular weight is 284 g/mol. The van der Waals surface area contributed by atoms with Gasteiger partial charge in [0.15, 0.2) is 0 Å². The maximum Gasteiger partial charge on any atom is 0.317 e. The van der Waals surface area contributed by atoms with Gasteiger partial charge in [-0.15, -0.1) is 0 Å². The van der Waals surface area contributed by atoms with Crippen molar-refractivity contribution in [2.45, 2.75) is 6.42 Å². The van der Waals surface area contributed by atoms with E-state index in [0.29, 0.717) is 25.3 Å². The molecule has 0 aliphatic rings. The van der Waals surface area contributed by atoms with Crippen LogP contribution in [0.5, 0.6) is 5.75 Å². The number of amides is 1. The van der Waals surface area contributed by atoms with Gasteiger partial charge in [-0.25, -0.2) is 4.39 Å². The van der Waals surface area contributed by atoms with Crippen LogP contribution in [0.25, 0.3) is 0 Å². The zero-order chi connectivity index (χ0) is 15.0. The van der Waals surface area contributed by atoms with E-state index in [-0.39, 0.29) is 18.9 Å². The summed E-state index contributed by atoms with van der Waals surface area (Å²) in [5.74, 6) is -1.41. The first-order valence-corrected chi connectivity index (χ1v) is 6.08. The molecule has 110 valence electrons. The van der Waals surface area contributed by atoms with Gasteiger partial charge in [-0.05, 0) is 30.7 Å². The number of carboxylic acids is 1. The normalized spacial score (nSPS) is 10.5. The topological polar surface area (TPSA) is 92.9 Å². The van der Waals surface area contributed by atoms with Crippen molar-refractivity contribution in [3.63, 3.8) is 0 Å². The molecule has 0 radical (unpaired) electrons. The van der Waals surface area contributed by atoms with Crippen LogP contribution in [-0.4, -0.2) is 48.1 Å². The molecule has 0 saturated heterocycles. The molecule has 20 heavy (non-hydrogen) atoms. The molecule has 1 rings (SSSR count). The van der Waals surface area contributed by atoms with Crippen molar-refractivity contribution >= 4 is 11.9 Å². The van der Waals surface area contributed by atoms with E-state index in [1.54, 1.807) is 0 Å². The van der Waals surface area contributed by atoms with E-state index in [1.807, 2.05) is 0 Å². The molecule has 0 aliphatic heterocycles. The highest BCUT2D eigenvalue weighted by Gasteiger charge is 2.11. The number of hydrogen-bond acceptors (Lipinski definition) is 4. The van der Waals surface area contributed by atoms with E-state index in [1.165, 1.54) is 29.2 Å². The minimum atomic E-state index is -1.02. The van der Waals surface area contributed by atoms with Crippen molar-refractivity contribution in [2.24, 2.45) is 5.73 Å². The second-order valence-corrected chi connectivity index (χ2v) is 4.23. The van der Waals surface area contributed by atoms with Gasteiger partial charge < -0.3 is 15.6 Å². The van der Waals surface area contributed by atoms with Crippen molar-refractivity contribution < 1.29 is 23.8 Å². The van der Waals surface area contributed by atoms with Gasteiger partial charge in [-0.3, -0.25) is 14.5 Å². The highest BCUT2D eigenvalue weighted by molar-refractivity contribution is 5.77. The van der Waals surface area contributed by atoms with Crippen molar-refractivity contribution in [2.75, 3.05) is 26.2 Å². The van der Waals surface area contributed by atoms with Crippen LogP contribution in [0.3, 0.4) is 0 Å². The summed E-state index contributed by atoms with van der Waals surface area (Å²) in [5, 5.41) is 8.70. The summed E-state index contributed by atoms with van der Waals surface area (Å²) >= 11 is 0.